The van der Waals surface area contributed by atoms with E-state index in [1.165, 1.54) is 24.3 Å². The third-order valence-corrected chi connectivity index (χ3v) is 4.86. The van der Waals surface area contributed by atoms with Gasteiger partial charge in [-0.1, -0.05) is 61.9 Å². The number of rotatable bonds is 6. The number of hydrogen-bond donors (Lipinski definition) is 1. The lowest BCUT2D eigenvalue weighted by Gasteiger charge is -2.34. The summed E-state index contributed by atoms with van der Waals surface area (Å²) in [5, 5.41) is 0. The van der Waals surface area contributed by atoms with Crippen molar-refractivity contribution in [2.45, 2.75) is 25.2 Å². The van der Waals surface area contributed by atoms with Gasteiger partial charge < -0.3 is 5.73 Å². The summed E-state index contributed by atoms with van der Waals surface area (Å²) in [5.74, 6) is -1.40. The minimum atomic E-state index is -1.34. The summed E-state index contributed by atoms with van der Waals surface area (Å²) in [5.41, 5.74) is 7.45. The van der Waals surface area contributed by atoms with Crippen molar-refractivity contribution in [1.82, 2.24) is 0 Å². The van der Waals surface area contributed by atoms with Gasteiger partial charge >= 0.3 is 0 Å². The molecular formula is C23H21F2NO. The lowest BCUT2D eigenvalue weighted by molar-refractivity contribution is -0.121. The molecule has 3 rings (SSSR count). The number of aryl methyl sites for hydroxylation is 1. The van der Waals surface area contributed by atoms with Gasteiger partial charge in [0, 0.05) is 0 Å². The van der Waals surface area contributed by atoms with Crippen molar-refractivity contribution in [1.29, 1.82) is 0 Å². The second-order valence-electron chi connectivity index (χ2n) is 6.54. The number of amides is 1. The maximum atomic E-state index is 13.6. The molecule has 3 aromatic carbocycles. The van der Waals surface area contributed by atoms with Crippen LogP contribution in [0.2, 0.25) is 0 Å². The van der Waals surface area contributed by atoms with Crippen LogP contribution in [0.5, 0.6) is 0 Å². The Balaban J connectivity index is 2.39. The monoisotopic (exact) mass is 365 g/mol. The molecule has 0 fully saturated rings. The van der Waals surface area contributed by atoms with Gasteiger partial charge in [-0.15, -0.1) is 0 Å². The van der Waals surface area contributed by atoms with Crippen molar-refractivity contribution >= 4 is 5.91 Å². The fraction of sp³-hybridized carbons (Fsp3) is 0.174. The van der Waals surface area contributed by atoms with Gasteiger partial charge in [0.25, 0.3) is 0 Å². The van der Waals surface area contributed by atoms with Gasteiger partial charge in [0.15, 0.2) is 0 Å². The molecule has 0 aromatic heterocycles. The number of benzene rings is 3. The van der Waals surface area contributed by atoms with Gasteiger partial charge in [0.2, 0.25) is 5.91 Å². The van der Waals surface area contributed by atoms with E-state index in [-0.39, 0.29) is 0 Å². The first-order valence-corrected chi connectivity index (χ1v) is 8.90. The normalized spacial score (nSPS) is 11.4. The van der Waals surface area contributed by atoms with E-state index in [0.717, 1.165) is 24.0 Å². The highest BCUT2D eigenvalue weighted by atomic mass is 19.1. The highest BCUT2D eigenvalue weighted by Crippen LogP contribution is 2.41. The molecule has 3 aromatic rings. The zero-order chi connectivity index (χ0) is 19.4. The molecule has 0 aliphatic rings. The number of nitrogens with two attached hydrogens (primary N) is 1. The average molecular weight is 365 g/mol. The fourth-order valence-electron chi connectivity index (χ4n) is 3.67. The van der Waals surface area contributed by atoms with Crippen LogP contribution in [-0.4, -0.2) is 5.91 Å². The predicted octanol–water partition coefficient (Wildman–Crippen LogP) is 4.74. The zero-order valence-corrected chi connectivity index (χ0v) is 15.1. The van der Waals surface area contributed by atoms with Crippen LogP contribution in [0.15, 0.2) is 72.8 Å². The van der Waals surface area contributed by atoms with Crippen molar-refractivity contribution in [2.75, 3.05) is 0 Å². The second-order valence-corrected chi connectivity index (χ2v) is 6.54. The van der Waals surface area contributed by atoms with E-state index in [9.17, 15) is 13.6 Å². The molecular weight excluding hydrogens is 344 g/mol. The average Bonchev–Trinajstić information content (AvgIpc) is 2.66. The van der Waals surface area contributed by atoms with E-state index in [1.807, 2.05) is 24.3 Å². The molecule has 0 radical (unpaired) electrons. The molecule has 1 amide bonds. The largest absolute Gasteiger partial charge is 0.368 e. The maximum Gasteiger partial charge on any atom is 0.237 e. The Kier molecular flexibility index (Phi) is 5.36. The molecule has 0 aliphatic carbocycles. The molecule has 0 heterocycles. The van der Waals surface area contributed by atoms with E-state index < -0.39 is 23.0 Å². The van der Waals surface area contributed by atoms with Crippen LogP contribution >= 0.6 is 0 Å². The van der Waals surface area contributed by atoms with E-state index >= 15 is 0 Å². The SMILES string of the molecule is CCCc1ccccc1C(C(N)=O)(c1ccc(F)cc1)c1ccc(F)cc1. The Labute approximate surface area is 157 Å². The van der Waals surface area contributed by atoms with E-state index in [2.05, 4.69) is 6.92 Å². The number of carbonyl (C=O) groups excluding carboxylic acids is 1. The van der Waals surface area contributed by atoms with Gasteiger partial charge in [-0.25, -0.2) is 8.78 Å². The Morgan fingerprint density at radius 2 is 1.33 bits per heavy atom. The first kappa shape index (κ1) is 18.8. The molecule has 0 bridgehead atoms. The van der Waals surface area contributed by atoms with Crippen LogP contribution in [0.3, 0.4) is 0 Å². The first-order chi connectivity index (χ1) is 13.0. The molecule has 2 N–H and O–H groups in total. The zero-order valence-electron chi connectivity index (χ0n) is 15.1. The third kappa shape index (κ3) is 3.35. The van der Waals surface area contributed by atoms with Crippen molar-refractivity contribution in [3.63, 3.8) is 0 Å². The first-order valence-electron chi connectivity index (χ1n) is 8.90. The molecule has 4 heteroatoms. The van der Waals surface area contributed by atoms with E-state index in [1.54, 1.807) is 24.3 Å². The molecule has 0 atom stereocenters. The quantitative estimate of drug-likeness (QED) is 0.630. The summed E-state index contributed by atoms with van der Waals surface area (Å²) < 4.78 is 27.1. The molecule has 138 valence electrons. The van der Waals surface area contributed by atoms with E-state index in [0.29, 0.717) is 11.1 Å². The van der Waals surface area contributed by atoms with Gasteiger partial charge in [-0.3, -0.25) is 4.79 Å². The lowest BCUT2D eigenvalue weighted by Crippen LogP contribution is -2.44. The molecule has 2 nitrogen and oxygen atoms in total. The summed E-state index contributed by atoms with van der Waals surface area (Å²) >= 11 is 0. The van der Waals surface area contributed by atoms with Crippen molar-refractivity contribution in [2.24, 2.45) is 5.73 Å². The van der Waals surface area contributed by atoms with Crippen molar-refractivity contribution in [3.05, 3.63) is 107 Å². The Bertz CT molecular complexity index is 888. The summed E-state index contributed by atoms with van der Waals surface area (Å²) in [4.78, 5) is 13.0. The topological polar surface area (TPSA) is 43.1 Å². The summed E-state index contributed by atoms with van der Waals surface area (Å²) in [6.45, 7) is 2.05. The van der Waals surface area contributed by atoms with Gasteiger partial charge in [-0.05, 0) is 52.9 Å². The molecule has 0 unspecified atom stereocenters. The Morgan fingerprint density at radius 1 is 0.852 bits per heavy atom. The molecule has 0 aliphatic heterocycles. The fourth-order valence-corrected chi connectivity index (χ4v) is 3.67. The maximum absolute atomic E-state index is 13.6. The van der Waals surface area contributed by atoms with Crippen molar-refractivity contribution in [3.8, 4) is 0 Å². The number of primary amides is 1. The van der Waals surface area contributed by atoms with Crippen LogP contribution in [0.25, 0.3) is 0 Å². The Morgan fingerprint density at radius 3 is 1.78 bits per heavy atom. The molecule has 0 saturated heterocycles. The molecule has 27 heavy (non-hydrogen) atoms. The summed E-state index contributed by atoms with van der Waals surface area (Å²) in [7, 11) is 0. The Hall–Kier alpha value is -3.01. The van der Waals surface area contributed by atoms with Crippen LogP contribution in [0.4, 0.5) is 8.78 Å². The standard InChI is InChI=1S/C23H21F2NO/c1-2-5-16-6-3-4-7-21(16)23(22(26)27,17-8-12-19(24)13-9-17)18-10-14-20(25)15-11-18/h3-4,6-15H,2,5H2,1H3,(H2,26,27). The van der Waals surface area contributed by atoms with Gasteiger partial charge in [0.1, 0.15) is 17.0 Å². The smallest absolute Gasteiger partial charge is 0.237 e. The van der Waals surface area contributed by atoms with Crippen LogP contribution < -0.4 is 5.73 Å². The van der Waals surface area contributed by atoms with Crippen LogP contribution in [0, 0.1) is 11.6 Å². The van der Waals surface area contributed by atoms with Gasteiger partial charge in [0.05, 0.1) is 0 Å². The highest BCUT2D eigenvalue weighted by Gasteiger charge is 2.43. The molecule has 0 saturated carbocycles. The minimum absolute atomic E-state index is 0.405. The van der Waals surface area contributed by atoms with E-state index in [4.69, 9.17) is 5.73 Å². The van der Waals surface area contributed by atoms with Crippen LogP contribution in [0.1, 0.15) is 35.6 Å². The predicted molar refractivity (Wildman–Crippen MR) is 102 cm³/mol. The molecule has 0 spiro atoms. The van der Waals surface area contributed by atoms with Crippen molar-refractivity contribution < 1.29 is 13.6 Å². The summed E-state index contributed by atoms with van der Waals surface area (Å²) in [6, 6.07) is 19.0. The third-order valence-electron chi connectivity index (χ3n) is 4.86. The minimum Gasteiger partial charge on any atom is -0.368 e. The number of hydrogen-bond acceptors (Lipinski definition) is 1. The highest BCUT2D eigenvalue weighted by molar-refractivity contribution is 5.95. The summed E-state index contributed by atoms with van der Waals surface area (Å²) in [6.07, 6.45) is 1.65. The van der Waals surface area contributed by atoms with Gasteiger partial charge in [-0.2, -0.15) is 0 Å². The number of carbonyl (C=O) groups is 1. The van der Waals surface area contributed by atoms with Crippen LogP contribution in [-0.2, 0) is 16.6 Å². The lowest BCUT2D eigenvalue weighted by atomic mass is 9.67. The number of halogens is 2. The second kappa shape index (κ2) is 7.70.